The van der Waals surface area contributed by atoms with Crippen LogP contribution in [-0.4, -0.2) is 25.7 Å². The predicted molar refractivity (Wildman–Crippen MR) is 50.2 cm³/mol. The molecule has 2 rings (SSSR count). The number of hydrogen-bond acceptors (Lipinski definition) is 4. The van der Waals surface area contributed by atoms with E-state index in [9.17, 15) is 4.79 Å². The van der Waals surface area contributed by atoms with Gasteiger partial charge in [-0.3, -0.25) is 0 Å². The summed E-state index contributed by atoms with van der Waals surface area (Å²) in [5.74, 6) is 0.344. The number of carbonyl (C=O) groups is 1. The summed E-state index contributed by atoms with van der Waals surface area (Å²) in [7, 11) is 1.37. The molecule has 0 saturated carbocycles. The molecule has 0 radical (unpaired) electrons. The summed E-state index contributed by atoms with van der Waals surface area (Å²) >= 11 is 0. The molecule has 0 bridgehead atoms. The second kappa shape index (κ2) is 3.57. The largest absolute Gasteiger partial charge is 0.476 e. The minimum Gasteiger partial charge on any atom is -0.476 e. The van der Waals surface area contributed by atoms with Gasteiger partial charge in [-0.1, -0.05) is 12.2 Å². The van der Waals surface area contributed by atoms with Crippen molar-refractivity contribution >= 4 is 5.97 Å². The molecule has 74 valence electrons. The van der Waals surface area contributed by atoms with Gasteiger partial charge in [0.1, 0.15) is 6.61 Å². The van der Waals surface area contributed by atoms with Crippen LogP contribution in [0, 0.1) is 0 Å². The van der Waals surface area contributed by atoms with Crippen molar-refractivity contribution in [2.75, 3.05) is 13.7 Å². The molecule has 4 heteroatoms. The lowest BCUT2D eigenvalue weighted by Gasteiger charge is -2.04. The van der Waals surface area contributed by atoms with Crippen molar-refractivity contribution in [1.29, 1.82) is 0 Å². The van der Waals surface area contributed by atoms with E-state index in [1.54, 1.807) is 0 Å². The molecule has 1 fully saturated rings. The molecular weight excluding hydrogens is 182 g/mol. The molecule has 0 aromatic heterocycles. The maximum atomic E-state index is 11.2. The monoisotopic (exact) mass is 193 g/mol. The molecule has 1 heterocycles. The van der Waals surface area contributed by atoms with Crippen LogP contribution in [0.3, 0.4) is 0 Å². The van der Waals surface area contributed by atoms with Crippen molar-refractivity contribution in [3.63, 3.8) is 0 Å². The smallest absolute Gasteiger partial charge is 0.331 e. The van der Waals surface area contributed by atoms with Gasteiger partial charge in [0.2, 0.25) is 0 Å². The third-order valence-electron chi connectivity index (χ3n) is 2.11. The van der Waals surface area contributed by atoms with Gasteiger partial charge in [-0.2, -0.15) is 0 Å². The fourth-order valence-electron chi connectivity index (χ4n) is 1.37. The number of allylic oxidation sites excluding steroid dienone is 5. The molecule has 1 saturated heterocycles. The highest BCUT2D eigenvalue weighted by Gasteiger charge is 2.28. The van der Waals surface area contributed by atoms with Crippen molar-refractivity contribution in [2.45, 2.75) is 6.04 Å². The number of ether oxygens (including phenoxy) is 2. The number of esters is 1. The quantitative estimate of drug-likeness (QED) is 0.615. The van der Waals surface area contributed by atoms with Crippen molar-refractivity contribution < 1.29 is 14.3 Å². The SMILES string of the molecule is COC(=O)[C@@H]1COC(=C2C=CC=C2)N1. The van der Waals surface area contributed by atoms with E-state index >= 15 is 0 Å². The molecule has 0 spiro atoms. The lowest BCUT2D eigenvalue weighted by molar-refractivity contribution is -0.142. The van der Waals surface area contributed by atoms with Gasteiger partial charge in [-0.15, -0.1) is 0 Å². The zero-order valence-electron chi connectivity index (χ0n) is 7.82. The first kappa shape index (κ1) is 8.87. The van der Waals surface area contributed by atoms with Crippen LogP contribution in [0.25, 0.3) is 0 Å². The lowest BCUT2D eigenvalue weighted by atomic mass is 10.3. The van der Waals surface area contributed by atoms with Gasteiger partial charge in [0.05, 0.1) is 7.11 Å². The van der Waals surface area contributed by atoms with E-state index in [1.807, 2.05) is 24.3 Å². The first-order chi connectivity index (χ1) is 6.81. The summed E-state index contributed by atoms with van der Waals surface area (Å²) in [6, 6.07) is -0.384. The number of methoxy groups -OCH3 is 1. The summed E-state index contributed by atoms with van der Waals surface area (Å²) in [6.07, 6.45) is 7.67. The normalized spacial score (nSPS) is 23.6. The van der Waals surface area contributed by atoms with Crippen molar-refractivity contribution in [3.05, 3.63) is 35.8 Å². The Kier molecular flexibility index (Phi) is 2.26. The van der Waals surface area contributed by atoms with E-state index < -0.39 is 0 Å². The van der Waals surface area contributed by atoms with E-state index in [4.69, 9.17) is 4.74 Å². The number of carbonyl (C=O) groups excluding carboxylic acids is 1. The molecule has 1 atom stereocenters. The zero-order valence-corrected chi connectivity index (χ0v) is 7.82. The maximum absolute atomic E-state index is 11.2. The van der Waals surface area contributed by atoms with E-state index in [1.165, 1.54) is 7.11 Å². The van der Waals surface area contributed by atoms with Gasteiger partial charge in [-0.25, -0.2) is 4.79 Å². The maximum Gasteiger partial charge on any atom is 0.331 e. The van der Waals surface area contributed by atoms with Gasteiger partial charge >= 0.3 is 5.97 Å². The Bertz CT molecular complexity index is 327. The van der Waals surface area contributed by atoms with Gasteiger partial charge in [-0.05, 0) is 12.2 Å². The number of rotatable bonds is 1. The average molecular weight is 193 g/mol. The van der Waals surface area contributed by atoms with Crippen LogP contribution in [0.4, 0.5) is 0 Å². The molecule has 2 aliphatic rings. The summed E-state index contributed by atoms with van der Waals surface area (Å²) in [5.41, 5.74) is 0.955. The molecule has 0 amide bonds. The fraction of sp³-hybridized carbons (Fsp3) is 0.300. The summed E-state index contributed by atoms with van der Waals surface area (Å²) in [5, 5.41) is 2.96. The molecule has 14 heavy (non-hydrogen) atoms. The van der Waals surface area contributed by atoms with Gasteiger partial charge in [0, 0.05) is 5.57 Å². The standard InChI is InChI=1S/C10H11NO3/c1-13-10(12)8-6-14-9(11-8)7-4-2-3-5-7/h2-5,8,11H,6H2,1H3/t8-/m0/s1. The highest BCUT2D eigenvalue weighted by atomic mass is 16.5. The Balaban J connectivity index is 2.08. The first-order valence-corrected chi connectivity index (χ1v) is 4.37. The van der Waals surface area contributed by atoms with Crippen molar-refractivity contribution in [2.24, 2.45) is 0 Å². The Morgan fingerprint density at radius 2 is 2.29 bits per heavy atom. The third kappa shape index (κ3) is 1.51. The Labute approximate surface area is 81.9 Å². The van der Waals surface area contributed by atoms with Crippen LogP contribution in [0.5, 0.6) is 0 Å². The van der Waals surface area contributed by atoms with Crippen LogP contribution in [0.1, 0.15) is 0 Å². The Morgan fingerprint density at radius 3 is 2.93 bits per heavy atom. The van der Waals surface area contributed by atoms with Crippen LogP contribution < -0.4 is 5.32 Å². The molecule has 1 aliphatic carbocycles. The zero-order chi connectivity index (χ0) is 9.97. The molecule has 0 aromatic carbocycles. The molecule has 1 N–H and O–H groups in total. The number of hydrogen-bond donors (Lipinski definition) is 1. The minimum atomic E-state index is -0.384. The predicted octanol–water partition coefficient (Wildman–Crippen LogP) is 0.485. The molecule has 0 unspecified atom stereocenters. The number of nitrogens with one attached hydrogen (secondary N) is 1. The second-order valence-corrected chi connectivity index (χ2v) is 3.03. The summed E-state index contributed by atoms with van der Waals surface area (Å²) in [6.45, 7) is 0.327. The van der Waals surface area contributed by atoms with Gasteiger partial charge < -0.3 is 14.8 Å². The molecular formula is C10H11NO3. The van der Waals surface area contributed by atoms with Crippen molar-refractivity contribution in [3.8, 4) is 0 Å². The fourth-order valence-corrected chi connectivity index (χ4v) is 1.37. The Hall–Kier alpha value is -1.71. The topological polar surface area (TPSA) is 47.6 Å². The van der Waals surface area contributed by atoms with Crippen LogP contribution in [0.15, 0.2) is 35.8 Å². The van der Waals surface area contributed by atoms with Gasteiger partial charge in [0.25, 0.3) is 0 Å². The second-order valence-electron chi connectivity index (χ2n) is 3.03. The first-order valence-electron chi connectivity index (χ1n) is 4.37. The average Bonchev–Trinajstić information content (AvgIpc) is 2.86. The Morgan fingerprint density at radius 1 is 1.57 bits per heavy atom. The summed E-state index contributed by atoms with van der Waals surface area (Å²) in [4.78, 5) is 11.2. The third-order valence-corrected chi connectivity index (χ3v) is 2.11. The van der Waals surface area contributed by atoms with E-state index in [0.29, 0.717) is 12.5 Å². The van der Waals surface area contributed by atoms with Crippen LogP contribution in [-0.2, 0) is 14.3 Å². The van der Waals surface area contributed by atoms with E-state index in [0.717, 1.165) is 5.57 Å². The molecule has 1 aliphatic heterocycles. The van der Waals surface area contributed by atoms with E-state index in [-0.39, 0.29) is 12.0 Å². The highest BCUT2D eigenvalue weighted by molar-refractivity contribution is 5.76. The van der Waals surface area contributed by atoms with Crippen LogP contribution >= 0.6 is 0 Å². The molecule has 0 aromatic rings. The minimum absolute atomic E-state index is 0.299. The lowest BCUT2D eigenvalue weighted by Crippen LogP contribution is -2.33. The van der Waals surface area contributed by atoms with Crippen LogP contribution in [0.2, 0.25) is 0 Å². The van der Waals surface area contributed by atoms with Gasteiger partial charge in [0.15, 0.2) is 11.9 Å². The van der Waals surface area contributed by atoms with Crippen molar-refractivity contribution in [1.82, 2.24) is 5.32 Å². The molecule has 4 nitrogen and oxygen atoms in total. The van der Waals surface area contributed by atoms with E-state index in [2.05, 4.69) is 10.1 Å². The summed E-state index contributed by atoms with van der Waals surface area (Å²) < 4.78 is 9.94. The highest BCUT2D eigenvalue weighted by Crippen LogP contribution is 2.17.